The Hall–Kier alpha value is -1.42. The lowest BCUT2D eigenvalue weighted by Gasteiger charge is -2.17. The van der Waals surface area contributed by atoms with Crippen LogP contribution in [0.5, 0.6) is 0 Å². The quantitative estimate of drug-likeness (QED) is 0.721. The highest BCUT2D eigenvalue weighted by Gasteiger charge is 2.03. The summed E-state index contributed by atoms with van der Waals surface area (Å²) >= 11 is 0. The number of likely N-dealkylation sites (N-methyl/N-ethyl adjacent to an activating group) is 1. The fraction of sp³-hybridized carbons (Fsp3) is 0.400. The Morgan fingerprint density at radius 3 is 2.86 bits per heavy atom. The molecule has 0 aliphatic heterocycles. The molecule has 0 fully saturated rings. The van der Waals surface area contributed by atoms with Crippen LogP contribution in [0, 0.1) is 0 Å². The summed E-state index contributed by atoms with van der Waals surface area (Å²) in [6, 6.07) is 0. The minimum absolute atomic E-state index is 0.418. The molecule has 1 aromatic rings. The molecule has 0 aliphatic carbocycles. The molecule has 1 rings (SSSR count). The van der Waals surface area contributed by atoms with Crippen LogP contribution < -0.4 is 10.6 Å². The van der Waals surface area contributed by atoms with Crippen molar-refractivity contribution in [2.75, 3.05) is 18.5 Å². The van der Waals surface area contributed by atoms with Crippen LogP contribution in [-0.2, 0) is 6.54 Å². The predicted molar refractivity (Wildman–Crippen MR) is 58.0 cm³/mol. The lowest BCUT2D eigenvalue weighted by Crippen LogP contribution is -2.21. The van der Waals surface area contributed by atoms with Crippen LogP contribution in [0.4, 0.5) is 5.82 Å². The number of hydrogen-bond acceptors (Lipinski definition) is 4. The minimum atomic E-state index is 0.418. The minimum Gasteiger partial charge on any atom is -0.354 e. The number of nitrogens with zero attached hydrogens (tertiary/aromatic N) is 3. The van der Waals surface area contributed by atoms with E-state index in [4.69, 9.17) is 5.73 Å². The van der Waals surface area contributed by atoms with E-state index < -0.39 is 0 Å². The van der Waals surface area contributed by atoms with Gasteiger partial charge in [0.05, 0.1) is 11.9 Å². The Kier molecular flexibility index (Phi) is 3.59. The first-order valence-corrected chi connectivity index (χ1v) is 4.50. The van der Waals surface area contributed by atoms with E-state index in [1.54, 1.807) is 12.4 Å². The molecule has 0 saturated heterocycles. The topological polar surface area (TPSA) is 55.0 Å². The van der Waals surface area contributed by atoms with E-state index in [1.165, 1.54) is 0 Å². The normalized spacial score (nSPS) is 9.93. The van der Waals surface area contributed by atoms with Crippen molar-refractivity contribution in [2.24, 2.45) is 5.73 Å². The van der Waals surface area contributed by atoms with E-state index in [2.05, 4.69) is 16.5 Å². The summed E-state index contributed by atoms with van der Waals surface area (Å²) in [6.07, 6.45) is 3.40. The first-order valence-electron chi connectivity index (χ1n) is 4.50. The van der Waals surface area contributed by atoms with Crippen LogP contribution >= 0.6 is 0 Å². The standard InChI is InChI=1S/C10H16N4/c1-8(2)7-14(3)10-6-12-5-9(4-11)13-10/h5-6H,1,4,7,11H2,2-3H3. The second-order valence-electron chi connectivity index (χ2n) is 3.39. The molecule has 0 aliphatic rings. The maximum atomic E-state index is 5.48. The van der Waals surface area contributed by atoms with E-state index in [1.807, 2.05) is 18.9 Å². The number of rotatable bonds is 4. The summed E-state index contributed by atoms with van der Waals surface area (Å²) in [6.45, 7) is 7.03. The predicted octanol–water partition coefficient (Wildman–Crippen LogP) is 0.948. The van der Waals surface area contributed by atoms with Gasteiger partial charge in [0.15, 0.2) is 0 Å². The van der Waals surface area contributed by atoms with Gasteiger partial charge in [0.25, 0.3) is 0 Å². The SMILES string of the molecule is C=C(C)CN(C)c1cncc(CN)n1. The monoisotopic (exact) mass is 192 g/mol. The Morgan fingerprint density at radius 1 is 1.57 bits per heavy atom. The molecule has 14 heavy (non-hydrogen) atoms. The van der Waals surface area contributed by atoms with Gasteiger partial charge in [0.2, 0.25) is 0 Å². The van der Waals surface area contributed by atoms with Crippen LogP contribution in [0.25, 0.3) is 0 Å². The van der Waals surface area contributed by atoms with Crippen molar-refractivity contribution >= 4 is 5.82 Å². The summed E-state index contributed by atoms with van der Waals surface area (Å²) in [4.78, 5) is 10.4. The lowest BCUT2D eigenvalue weighted by atomic mass is 10.3. The second kappa shape index (κ2) is 4.72. The van der Waals surface area contributed by atoms with Gasteiger partial charge in [-0.15, -0.1) is 0 Å². The van der Waals surface area contributed by atoms with Gasteiger partial charge in [-0.1, -0.05) is 12.2 Å². The molecule has 2 N–H and O–H groups in total. The maximum Gasteiger partial charge on any atom is 0.147 e. The Balaban J connectivity index is 2.78. The van der Waals surface area contributed by atoms with Gasteiger partial charge in [0.1, 0.15) is 5.82 Å². The summed E-state index contributed by atoms with van der Waals surface area (Å²) in [5.41, 5.74) is 7.37. The zero-order chi connectivity index (χ0) is 10.6. The van der Waals surface area contributed by atoms with Crippen molar-refractivity contribution in [2.45, 2.75) is 13.5 Å². The lowest BCUT2D eigenvalue weighted by molar-refractivity contribution is 0.899. The van der Waals surface area contributed by atoms with Gasteiger partial charge >= 0.3 is 0 Å². The number of anilines is 1. The van der Waals surface area contributed by atoms with Crippen LogP contribution in [0.2, 0.25) is 0 Å². The molecule has 0 saturated carbocycles. The molecule has 1 heterocycles. The molecule has 0 amide bonds. The van der Waals surface area contributed by atoms with E-state index in [0.29, 0.717) is 6.54 Å². The van der Waals surface area contributed by atoms with Crippen molar-refractivity contribution in [1.82, 2.24) is 9.97 Å². The summed E-state index contributed by atoms with van der Waals surface area (Å²) in [5, 5.41) is 0. The van der Waals surface area contributed by atoms with Crippen molar-refractivity contribution in [1.29, 1.82) is 0 Å². The molecule has 76 valence electrons. The van der Waals surface area contributed by atoms with Crippen molar-refractivity contribution in [3.63, 3.8) is 0 Å². The van der Waals surface area contributed by atoms with E-state index >= 15 is 0 Å². The highest BCUT2D eigenvalue weighted by atomic mass is 15.2. The molecule has 0 atom stereocenters. The van der Waals surface area contributed by atoms with E-state index in [-0.39, 0.29) is 0 Å². The number of aromatic nitrogens is 2. The number of nitrogens with two attached hydrogens (primary N) is 1. The van der Waals surface area contributed by atoms with Crippen LogP contribution in [0.3, 0.4) is 0 Å². The average molecular weight is 192 g/mol. The fourth-order valence-electron chi connectivity index (χ4n) is 1.16. The van der Waals surface area contributed by atoms with E-state index in [0.717, 1.165) is 23.6 Å². The molecule has 0 aromatic carbocycles. The van der Waals surface area contributed by atoms with Crippen LogP contribution in [-0.4, -0.2) is 23.6 Å². The van der Waals surface area contributed by atoms with Gasteiger partial charge < -0.3 is 10.6 Å². The molecule has 0 spiro atoms. The zero-order valence-electron chi connectivity index (χ0n) is 8.70. The van der Waals surface area contributed by atoms with Gasteiger partial charge in [-0.3, -0.25) is 4.98 Å². The Bertz CT molecular complexity index is 322. The van der Waals surface area contributed by atoms with Crippen molar-refractivity contribution < 1.29 is 0 Å². The van der Waals surface area contributed by atoms with Crippen LogP contribution in [0.1, 0.15) is 12.6 Å². The first-order chi connectivity index (χ1) is 6.63. The molecular weight excluding hydrogens is 176 g/mol. The molecular formula is C10H16N4. The third kappa shape index (κ3) is 2.81. The average Bonchev–Trinajstić information content (AvgIpc) is 2.17. The second-order valence-corrected chi connectivity index (χ2v) is 3.39. The van der Waals surface area contributed by atoms with E-state index in [9.17, 15) is 0 Å². The van der Waals surface area contributed by atoms with Gasteiger partial charge in [-0.2, -0.15) is 0 Å². The van der Waals surface area contributed by atoms with Gasteiger partial charge in [-0.05, 0) is 6.92 Å². The zero-order valence-corrected chi connectivity index (χ0v) is 8.70. The molecule has 1 aromatic heterocycles. The highest BCUT2D eigenvalue weighted by molar-refractivity contribution is 5.36. The third-order valence-corrected chi connectivity index (χ3v) is 1.78. The van der Waals surface area contributed by atoms with Gasteiger partial charge in [-0.25, -0.2) is 4.98 Å². The summed E-state index contributed by atoms with van der Waals surface area (Å²) in [5.74, 6) is 0.830. The smallest absolute Gasteiger partial charge is 0.147 e. The summed E-state index contributed by atoms with van der Waals surface area (Å²) in [7, 11) is 1.96. The Labute approximate surface area is 84.5 Å². The largest absolute Gasteiger partial charge is 0.354 e. The third-order valence-electron chi connectivity index (χ3n) is 1.78. The molecule has 0 bridgehead atoms. The van der Waals surface area contributed by atoms with Crippen molar-refractivity contribution in [3.8, 4) is 0 Å². The molecule has 0 radical (unpaired) electrons. The highest BCUT2D eigenvalue weighted by Crippen LogP contribution is 2.08. The number of hydrogen-bond donors (Lipinski definition) is 1. The molecule has 4 heteroatoms. The van der Waals surface area contributed by atoms with Gasteiger partial charge in [0, 0.05) is 26.3 Å². The Morgan fingerprint density at radius 2 is 2.29 bits per heavy atom. The van der Waals surface area contributed by atoms with Crippen molar-refractivity contribution in [3.05, 3.63) is 30.2 Å². The molecule has 4 nitrogen and oxygen atoms in total. The molecule has 0 unspecified atom stereocenters. The van der Waals surface area contributed by atoms with Crippen LogP contribution in [0.15, 0.2) is 24.5 Å². The first kappa shape index (κ1) is 10.7. The fourth-order valence-corrected chi connectivity index (χ4v) is 1.16. The summed E-state index contributed by atoms with van der Waals surface area (Å²) < 4.78 is 0. The maximum absolute atomic E-state index is 5.48.